The summed E-state index contributed by atoms with van der Waals surface area (Å²) in [7, 11) is 3.19. The Balaban J connectivity index is 2.45. The lowest BCUT2D eigenvalue weighted by Crippen LogP contribution is -2.44. The van der Waals surface area contributed by atoms with Gasteiger partial charge in [-0.3, -0.25) is 4.90 Å². The fraction of sp³-hybridized carbons (Fsp3) is 0.538. The fourth-order valence-corrected chi connectivity index (χ4v) is 2.42. The van der Waals surface area contributed by atoms with Gasteiger partial charge in [-0.15, -0.1) is 0 Å². The van der Waals surface area contributed by atoms with Crippen molar-refractivity contribution in [3.63, 3.8) is 0 Å². The van der Waals surface area contributed by atoms with Crippen LogP contribution in [-0.2, 0) is 6.18 Å². The number of nitrogens with zero attached hydrogens (tertiary/aromatic N) is 1. The lowest BCUT2D eigenvalue weighted by atomic mass is 9.99. The lowest BCUT2D eigenvalue weighted by molar-refractivity contribution is -0.138. The van der Waals surface area contributed by atoms with E-state index in [1.807, 2.05) is 11.9 Å². The first kappa shape index (κ1) is 14.1. The van der Waals surface area contributed by atoms with Gasteiger partial charge in [-0.1, -0.05) is 12.1 Å². The van der Waals surface area contributed by atoms with E-state index in [1.165, 1.54) is 13.2 Å². The van der Waals surface area contributed by atoms with E-state index in [-0.39, 0.29) is 11.8 Å². The summed E-state index contributed by atoms with van der Waals surface area (Å²) >= 11 is 0. The van der Waals surface area contributed by atoms with Crippen LogP contribution >= 0.6 is 0 Å². The number of hydrogen-bond acceptors (Lipinski definition) is 3. The molecule has 0 spiro atoms. The smallest absolute Gasteiger partial charge is 0.419 e. The molecule has 2 rings (SSSR count). The zero-order valence-electron chi connectivity index (χ0n) is 10.9. The van der Waals surface area contributed by atoms with E-state index in [0.29, 0.717) is 12.1 Å². The molecule has 0 aliphatic carbocycles. The van der Waals surface area contributed by atoms with Crippen LogP contribution in [0.5, 0.6) is 5.75 Å². The van der Waals surface area contributed by atoms with Crippen LogP contribution < -0.4 is 10.1 Å². The zero-order valence-corrected chi connectivity index (χ0v) is 10.9. The van der Waals surface area contributed by atoms with Crippen LogP contribution in [0, 0.1) is 0 Å². The van der Waals surface area contributed by atoms with Gasteiger partial charge < -0.3 is 10.1 Å². The summed E-state index contributed by atoms with van der Waals surface area (Å²) in [4.78, 5) is 2.04. The van der Waals surface area contributed by atoms with Crippen LogP contribution in [0.2, 0.25) is 0 Å². The van der Waals surface area contributed by atoms with Crippen molar-refractivity contribution in [3.05, 3.63) is 29.3 Å². The number of alkyl halides is 3. The Hall–Kier alpha value is -1.27. The molecule has 1 fully saturated rings. The van der Waals surface area contributed by atoms with Crippen LogP contribution in [0.4, 0.5) is 13.2 Å². The molecule has 0 radical (unpaired) electrons. The molecule has 1 aliphatic heterocycles. The summed E-state index contributed by atoms with van der Waals surface area (Å²) in [5.74, 6) is -0.0736. The second-order valence-corrected chi connectivity index (χ2v) is 4.63. The Kier molecular flexibility index (Phi) is 4.01. The molecule has 1 heterocycles. The predicted octanol–water partition coefficient (Wildman–Crippen LogP) is 2.29. The molecule has 1 N–H and O–H groups in total. The number of para-hydroxylation sites is 1. The second kappa shape index (κ2) is 5.38. The number of methoxy groups -OCH3 is 1. The van der Waals surface area contributed by atoms with Gasteiger partial charge >= 0.3 is 6.18 Å². The van der Waals surface area contributed by atoms with Gasteiger partial charge in [0.05, 0.1) is 18.7 Å². The zero-order chi connectivity index (χ0) is 14.0. The maximum atomic E-state index is 13.0. The molecular formula is C13H17F3N2O. The normalized spacial score (nSPS) is 21.4. The molecular weight excluding hydrogens is 257 g/mol. The minimum atomic E-state index is -4.40. The van der Waals surface area contributed by atoms with E-state index in [1.54, 1.807) is 6.07 Å². The summed E-state index contributed by atoms with van der Waals surface area (Å²) in [5, 5.41) is 3.19. The second-order valence-electron chi connectivity index (χ2n) is 4.63. The number of rotatable bonds is 2. The van der Waals surface area contributed by atoms with Gasteiger partial charge in [-0.05, 0) is 13.1 Å². The largest absolute Gasteiger partial charge is 0.496 e. The Bertz CT molecular complexity index is 448. The van der Waals surface area contributed by atoms with Crippen molar-refractivity contribution in [1.29, 1.82) is 0 Å². The van der Waals surface area contributed by atoms with E-state index in [2.05, 4.69) is 5.32 Å². The van der Waals surface area contributed by atoms with Crippen molar-refractivity contribution in [1.82, 2.24) is 10.2 Å². The average Bonchev–Trinajstić information content (AvgIpc) is 2.37. The molecule has 0 bridgehead atoms. The fourth-order valence-electron chi connectivity index (χ4n) is 2.42. The first-order valence-electron chi connectivity index (χ1n) is 6.10. The molecule has 106 valence electrons. The van der Waals surface area contributed by atoms with Crippen molar-refractivity contribution in [2.75, 3.05) is 33.8 Å². The monoisotopic (exact) mass is 274 g/mol. The average molecular weight is 274 g/mol. The summed E-state index contributed by atoms with van der Waals surface area (Å²) in [5.41, 5.74) is -0.140. The highest BCUT2D eigenvalue weighted by Gasteiger charge is 2.36. The van der Waals surface area contributed by atoms with E-state index >= 15 is 0 Å². The minimum absolute atomic E-state index is 0.0736. The number of hydrogen-bond donors (Lipinski definition) is 1. The third kappa shape index (κ3) is 2.84. The van der Waals surface area contributed by atoms with E-state index < -0.39 is 11.7 Å². The first-order chi connectivity index (χ1) is 8.95. The molecule has 1 unspecified atom stereocenters. The topological polar surface area (TPSA) is 24.5 Å². The summed E-state index contributed by atoms with van der Waals surface area (Å²) < 4.78 is 43.9. The standard InChI is InChI=1S/C13H17F3N2O/c1-18-7-6-17-8-11(18)9-4-3-5-10(12(9)19-2)13(14,15)16/h3-5,11,17H,6-8H2,1-2H3. The van der Waals surface area contributed by atoms with Crippen molar-refractivity contribution in [3.8, 4) is 5.75 Å². The van der Waals surface area contributed by atoms with Crippen LogP contribution in [0.25, 0.3) is 0 Å². The van der Waals surface area contributed by atoms with Crippen molar-refractivity contribution in [2.24, 2.45) is 0 Å². The number of nitrogens with one attached hydrogen (secondary N) is 1. The molecule has 6 heteroatoms. The maximum Gasteiger partial charge on any atom is 0.419 e. The third-order valence-electron chi connectivity index (χ3n) is 3.43. The van der Waals surface area contributed by atoms with Gasteiger partial charge in [-0.2, -0.15) is 13.2 Å². The summed E-state index contributed by atoms with van der Waals surface area (Å²) in [6, 6.07) is 4.08. The highest BCUT2D eigenvalue weighted by molar-refractivity contribution is 5.45. The molecule has 1 aliphatic rings. The number of ether oxygens (including phenoxy) is 1. The molecule has 1 aromatic carbocycles. The molecule has 19 heavy (non-hydrogen) atoms. The number of benzene rings is 1. The summed E-state index contributed by atoms with van der Waals surface area (Å²) in [6.45, 7) is 2.26. The van der Waals surface area contributed by atoms with Gasteiger partial charge in [0, 0.05) is 25.2 Å². The predicted molar refractivity (Wildman–Crippen MR) is 66.2 cm³/mol. The Labute approximate surface area is 110 Å². The van der Waals surface area contributed by atoms with E-state index in [4.69, 9.17) is 4.74 Å². The van der Waals surface area contributed by atoms with Gasteiger partial charge in [0.15, 0.2) is 0 Å². The third-order valence-corrected chi connectivity index (χ3v) is 3.43. The molecule has 0 amide bonds. The van der Waals surface area contributed by atoms with Crippen molar-refractivity contribution < 1.29 is 17.9 Å². The molecule has 1 saturated heterocycles. The molecule has 1 aromatic rings. The van der Waals surface area contributed by atoms with Crippen LogP contribution in [0.15, 0.2) is 18.2 Å². The van der Waals surface area contributed by atoms with E-state index in [0.717, 1.165) is 19.2 Å². The Morgan fingerprint density at radius 2 is 2.11 bits per heavy atom. The number of halogens is 3. The van der Waals surface area contributed by atoms with Crippen LogP contribution in [-0.4, -0.2) is 38.7 Å². The molecule has 0 aromatic heterocycles. The van der Waals surface area contributed by atoms with Crippen molar-refractivity contribution >= 4 is 0 Å². The van der Waals surface area contributed by atoms with E-state index in [9.17, 15) is 13.2 Å². The van der Waals surface area contributed by atoms with Crippen LogP contribution in [0.3, 0.4) is 0 Å². The first-order valence-corrected chi connectivity index (χ1v) is 6.10. The maximum absolute atomic E-state index is 13.0. The number of piperazine rings is 1. The minimum Gasteiger partial charge on any atom is -0.496 e. The highest BCUT2D eigenvalue weighted by Crippen LogP contribution is 2.40. The quantitative estimate of drug-likeness (QED) is 0.895. The van der Waals surface area contributed by atoms with Gasteiger partial charge in [-0.25, -0.2) is 0 Å². The van der Waals surface area contributed by atoms with Gasteiger partial charge in [0.2, 0.25) is 0 Å². The molecule has 1 atom stereocenters. The SMILES string of the molecule is COc1c(C2CNCCN2C)cccc1C(F)(F)F. The Morgan fingerprint density at radius 3 is 2.68 bits per heavy atom. The Morgan fingerprint density at radius 1 is 1.37 bits per heavy atom. The van der Waals surface area contributed by atoms with Gasteiger partial charge in [0.1, 0.15) is 5.75 Å². The van der Waals surface area contributed by atoms with Gasteiger partial charge in [0.25, 0.3) is 0 Å². The number of likely N-dealkylation sites (N-methyl/N-ethyl adjacent to an activating group) is 1. The molecule has 0 saturated carbocycles. The lowest BCUT2D eigenvalue weighted by Gasteiger charge is -2.34. The summed E-state index contributed by atoms with van der Waals surface area (Å²) in [6.07, 6.45) is -4.40. The highest BCUT2D eigenvalue weighted by atomic mass is 19.4. The molecule has 3 nitrogen and oxygen atoms in total. The van der Waals surface area contributed by atoms with Crippen molar-refractivity contribution in [2.45, 2.75) is 12.2 Å². The van der Waals surface area contributed by atoms with Crippen LogP contribution in [0.1, 0.15) is 17.2 Å².